The maximum atomic E-state index is 11.6. The van der Waals surface area contributed by atoms with Crippen molar-refractivity contribution in [2.45, 2.75) is 89.6 Å². The Labute approximate surface area is 135 Å². The van der Waals surface area contributed by atoms with Crippen LogP contribution in [0.4, 0.5) is 0 Å². The summed E-state index contributed by atoms with van der Waals surface area (Å²) in [5, 5.41) is 0.0426. The smallest absolute Gasteiger partial charge is 0.152 e. The van der Waals surface area contributed by atoms with Gasteiger partial charge < -0.3 is 4.55 Å². The first kappa shape index (κ1) is 21.3. The van der Waals surface area contributed by atoms with Crippen LogP contribution >= 0.6 is 0 Å². The number of hydrogen-bond donors (Lipinski definition) is 0. The lowest BCUT2D eigenvalue weighted by Crippen LogP contribution is -2.17. The summed E-state index contributed by atoms with van der Waals surface area (Å²) in [6.45, 7) is 7.52. The second kappa shape index (κ2) is 11.8. The first-order valence-electron chi connectivity index (χ1n) is 8.36. The number of sulfone groups is 1. The molecule has 21 heavy (non-hydrogen) atoms. The van der Waals surface area contributed by atoms with Crippen LogP contribution in [-0.4, -0.2) is 35.0 Å². The van der Waals surface area contributed by atoms with E-state index < -0.39 is 21.0 Å². The summed E-state index contributed by atoms with van der Waals surface area (Å²) in [7, 11) is -2.85. The summed E-state index contributed by atoms with van der Waals surface area (Å²) in [6.07, 6.45) is 8.79. The van der Waals surface area contributed by atoms with Crippen molar-refractivity contribution in [2.75, 3.05) is 11.5 Å². The van der Waals surface area contributed by atoms with Crippen molar-refractivity contribution >= 4 is 21.0 Å². The second-order valence-corrected chi connectivity index (χ2v) is 11.2. The normalized spacial score (nSPS) is 14.0. The lowest BCUT2D eigenvalue weighted by molar-refractivity contribution is 0.561. The van der Waals surface area contributed by atoms with E-state index in [-0.39, 0.29) is 10.5 Å². The van der Waals surface area contributed by atoms with Crippen LogP contribution in [0.3, 0.4) is 0 Å². The quantitative estimate of drug-likeness (QED) is 0.375. The van der Waals surface area contributed by atoms with Gasteiger partial charge in [0.1, 0.15) is 11.0 Å². The predicted octanol–water partition coefficient (Wildman–Crippen LogP) is 4.09. The lowest BCUT2D eigenvalue weighted by Gasteiger charge is -2.14. The molecule has 0 aromatic rings. The molecule has 0 aliphatic heterocycles. The fourth-order valence-electron chi connectivity index (χ4n) is 2.08. The Morgan fingerprint density at radius 2 is 1.24 bits per heavy atom. The van der Waals surface area contributed by atoms with Gasteiger partial charge in [0.15, 0.2) is 9.84 Å². The van der Waals surface area contributed by atoms with Crippen molar-refractivity contribution < 1.29 is 13.0 Å². The van der Waals surface area contributed by atoms with Gasteiger partial charge in [-0.05, 0) is 47.0 Å². The van der Waals surface area contributed by atoms with Gasteiger partial charge in [0.25, 0.3) is 0 Å². The molecule has 0 aromatic heterocycles. The summed E-state index contributed by atoms with van der Waals surface area (Å²) in [6, 6.07) is 0. The van der Waals surface area contributed by atoms with Gasteiger partial charge in [-0.1, -0.05) is 43.3 Å². The first-order valence-corrected chi connectivity index (χ1v) is 11.5. The average molecular weight is 339 g/mol. The van der Waals surface area contributed by atoms with E-state index in [1.54, 1.807) is 13.8 Å². The molecule has 0 saturated carbocycles. The minimum atomic E-state index is -2.85. The highest BCUT2D eigenvalue weighted by Crippen LogP contribution is 2.12. The highest BCUT2D eigenvalue weighted by Gasteiger charge is 2.14. The molecule has 0 saturated heterocycles. The Kier molecular flexibility index (Phi) is 11.9. The molecule has 0 radical (unpaired) electrons. The summed E-state index contributed by atoms with van der Waals surface area (Å²) < 4.78 is 34.8. The summed E-state index contributed by atoms with van der Waals surface area (Å²) in [5.41, 5.74) is 0. The Bertz CT molecular complexity index is 337. The van der Waals surface area contributed by atoms with Crippen molar-refractivity contribution in [2.24, 2.45) is 0 Å². The zero-order valence-corrected chi connectivity index (χ0v) is 15.9. The summed E-state index contributed by atoms with van der Waals surface area (Å²) >= 11 is -0.653. The monoisotopic (exact) mass is 338 g/mol. The number of rotatable bonds is 13. The third-order valence-corrected chi connectivity index (χ3v) is 7.81. The van der Waals surface area contributed by atoms with Crippen LogP contribution in [0.2, 0.25) is 0 Å². The third-order valence-electron chi connectivity index (χ3n) is 3.77. The average Bonchev–Trinajstić information content (AvgIpc) is 2.40. The molecule has 1 unspecified atom stereocenters. The van der Waals surface area contributed by atoms with E-state index in [1.165, 1.54) is 25.7 Å². The molecule has 0 aliphatic carbocycles. The van der Waals surface area contributed by atoms with E-state index in [0.717, 1.165) is 31.4 Å². The van der Waals surface area contributed by atoms with E-state index in [1.807, 2.05) is 13.8 Å². The Morgan fingerprint density at radius 3 is 1.67 bits per heavy atom. The van der Waals surface area contributed by atoms with E-state index in [4.69, 9.17) is 0 Å². The van der Waals surface area contributed by atoms with Gasteiger partial charge in [-0.15, -0.1) is 0 Å². The Balaban J connectivity index is 3.34. The van der Waals surface area contributed by atoms with E-state index in [2.05, 4.69) is 0 Å². The third kappa shape index (κ3) is 11.5. The molecule has 3 nitrogen and oxygen atoms in total. The Hall–Kier alpha value is 0.260. The molecule has 0 aromatic carbocycles. The maximum absolute atomic E-state index is 11.6. The van der Waals surface area contributed by atoms with Crippen molar-refractivity contribution in [3.8, 4) is 0 Å². The molecule has 5 heteroatoms. The molecular weight excluding hydrogens is 304 g/mol. The van der Waals surface area contributed by atoms with Gasteiger partial charge in [0, 0.05) is 0 Å². The number of hydrogen-bond acceptors (Lipinski definition) is 3. The van der Waals surface area contributed by atoms with Crippen molar-refractivity contribution in [3.05, 3.63) is 0 Å². The molecule has 0 amide bonds. The molecule has 128 valence electrons. The van der Waals surface area contributed by atoms with Crippen LogP contribution in [0.25, 0.3) is 0 Å². The van der Waals surface area contributed by atoms with E-state index in [9.17, 15) is 13.0 Å². The maximum Gasteiger partial charge on any atom is 0.152 e. The standard InChI is InChI=1S/C16H34O3S2/c1-15(2)20(17)13-11-9-7-5-6-8-10-12-14-21(18,19)16(3)4/h15-16H,5-14H2,1-4H3. The Morgan fingerprint density at radius 1 is 0.810 bits per heavy atom. The molecule has 0 spiro atoms. The minimum Gasteiger partial charge on any atom is -0.616 e. The topological polar surface area (TPSA) is 57.2 Å². The first-order chi connectivity index (χ1) is 9.77. The SMILES string of the molecule is CC(C)[S+]([O-])CCCCCCCCCCS(=O)(=O)C(C)C. The highest BCUT2D eigenvalue weighted by atomic mass is 32.2. The van der Waals surface area contributed by atoms with Gasteiger partial charge >= 0.3 is 0 Å². The van der Waals surface area contributed by atoms with Crippen LogP contribution in [-0.2, 0) is 21.0 Å². The fraction of sp³-hybridized carbons (Fsp3) is 1.00. The van der Waals surface area contributed by atoms with Crippen molar-refractivity contribution in [3.63, 3.8) is 0 Å². The second-order valence-electron chi connectivity index (χ2n) is 6.38. The zero-order chi connectivity index (χ0) is 16.3. The summed E-state index contributed by atoms with van der Waals surface area (Å²) in [5.74, 6) is 1.18. The van der Waals surface area contributed by atoms with Crippen LogP contribution in [0, 0.1) is 0 Å². The summed E-state index contributed by atoms with van der Waals surface area (Å²) in [4.78, 5) is 0. The fourth-order valence-corrected chi connectivity index (χ4v) is 4.12. The van der Waals surface area contributed by atoms with Gasteiger partial charge in [-0.25, -0.2) is 8.42 Å². The molecule has 0 aliphatic rings. The molecule has 0 fully saturated rings. The molecule has 0 N–H and O–H groups in total. The minimum absolute atomic E-state index is 0.242. The van der Waals surface area contributed by atoms with Gasteiger partial charge in [-0.2, -0.15) is 0 Å². The molecular formula is C16H34O3S2. The van der Waals surface area contributed by atoms with Crippen molar-refractivity contribution in [1.82, 2.24) is 0 Å². The molecule has 0 bridgehead atoms. The van der Waals surface area contributed by atoms with E-state index >= 15 is 0 Å². The van der Waals surface area contributed by atoms with Crippen LogP contribution in [0.5, 0.6) is 0 Å². The molecule has 0 heterocycles. The number of unbranched alkanes of at least 4 members (excludes halogenated alkanes) is 7. The zero-order valence-electron chi connectivity index (χ0n) is 14.3. The van der Waals surface area contributed by atoms with E-state index in [0.29, 0.717) is 5.75 Å². The van der Waals surface area contributed by atoms with Crippen LogP contribution in [0.1, 0.15) is 79.1 Å². The van der Waals surface area contributed by atoms with Crippen LogP contribution < -0.4 is 0 Å². The van der Waals surface area contributed by atoms with Gasteiger partial charge in [0.05, 0.1) is 11.0 Å². The molecule has 0 rings (SSSR count). The lowest BCUT2D eigenvalue weighted by atomic mass is 10.1. The largest absolute Gasteiger partial charge is 0.616 e. The molecule has 1 atom stereocenters. The highest BCUT2D eigenvalue weighted by molar-refractivity contribution is 7.92. The van der Waals surface area contributed by atoms with Crippen molar-refractivity contribution in [1.29, 1.82) is 0 Å². The van der Waals surface area contributed by atoms with Crippen LogP contribution in [0.15, 0.2) is 0 Å². The van der Waals surface area contributed by atoms with Gasteiger partial charge in [0.2, 0.25) is 0 Å². The van der Waals surface area contributed by atoms with Gasteiger partial charge in [-0.3, -0.25) is 0 Å². The predicted molar refractivity (Wildman–Crippen MR) is 94.0 cm³/mol.